The van der Waals surface area contributed by atoms with Gasteiger partial charge in [-0.15, -0.1) is 0 Å². The van der Waals surface area contributed by atoms with Crippen molar-refractivity contribution >= 4 is 33.3 Å². The number of rotatable bonds is 5. The first-order valence-corrected chi connectivity index (χ1v) is 9.11. The smallest absolute Gasteiger partial charge is 0.325 e. The molecule has 1 aliphatic rings. The molecule has 0 saturated heterocycles. The minimum Gasteiger partial charge on any atom is -0.480 e. The number of carboxylic acids is 1. The van der Waals surface area contributed by atoms with Crippen LogP contribution in [0.2, 0.25) is 5.02 Å². The summed E-state index contributed by atoms with van der Waals surface area (Å²) in [5.74, 6) is -1.96. The Labute approximate surface area is 139 Å². The van der Waals surface area contributed by atoms with E-state index < -0.39 is 32.5 Å². The summed E-state index contributed by atoms with van der Waals surface area (Å²) in [4.78, 5) is 23.5. The maximum Gasteiger partial charge on any atom is 0.325 e. The molecule has 2 N–H and O–H groups in total. The average Bonchev–Trinajstić information content (AvgIpc) is 2.98. The molecule has 0 radical (unpaired) electrons. The molecular weight excluding hydrogens is 342 g/mol. The van der Waals surface area contributed by atoms with Gasteiger partial charge in [0.2, 0.25) is 5.91 Å². The first-order valence-electron chi connectivity index (χ1n) is 7.25. The van der Waals surface area contributed by atoms with Crippen LogP contribution in [0.15, 0.2) is 29.2 Å². The molecule has 1 amide bonds. The topological polar surface area (TPSA) is 101 Å². The van der Waals surface area contributed by atoms with E-state index in [-0.39, 0.29) is 17.7 Å². The lowest BCUT2D eigenvalue weighted by atomic mass is 10.1. The van der Waals surface area contributed by atoms with Crippen molar-refractivity contribution in [3.8, 4) is 0 Å². The lowest BCUT2D eigenvalue weighted by Crippen LogP contribution is -2.54. The van der Waals surface area contributed by atoms with Gasteiger partial charge < -0.3 is 10.4 Å². The Morgan fingerprint density at radius 3 is 2.22 bits per heavy atom. The van der Waals surface area contributed by atoms with E-state index >= 15 is 0 Å². The minimum atomic E-state index is -3.95. The highest BCUT2D eigenvalue weighted by Crippen LogP contribution is 2.41. The van der Waals surface area contributed by atoms with Crippen LogP contribution in [-0.2, 0) is 19.4 Å². The van der Waals surface area contributed by atoms with Gasteiger partial charge in [-0.1, -0.05) is 24.4 Å². The average molecular weight is 360 g/mol. The van der Waals surface area contributed by atoms with Gasteiger partial charge in [-0.25, -0.2) is 8.42 Å². The highest BCUT2D eigenvalue weighted by atomic mass is 35.5. The number of hydrogen-bond donors (Lipinski definition) is 2. The standard InChI is InChI=1S/C15H18ClNO5S/c1-10(13(18)19)17-14(20)15(8-2-3-9-15)23(21,22)12-6-4-11(16)5-7-12/h4-7,10H,2-3,8-9H2,1H3,(H,17,20)(H,18,19)/t10-/m1/s1. The number of carboxylic acid groups (broad SMARTS) is 1. The highest BCUT2D eigenvalue weighted by molar-refractivity contribution is 7.93. The number of carbonyl (C=O) groups excluding carboxylic acids is 1. The summed E-state index contributed by atoms with van der Waals surface area (Å²) < 4.78 is 24.4. The molecule has 0 unspecified atom stereocenters. The van der Waals surface area contributed by atoms with E-state index in [4.69, 9.17) is 16.7 Å². The van der Waals surface area contributed by atoms with E-state index in [2.05, 4.69) is 5.32 Å². The summed E-state index contributed by atoms with van der Waals surface area (Å²) in [6.07, 6.45) is 1.55. The molecule has 2 rings (SSSR count). The van der Waals surface area contributed by atoms with Gasteiger partial charge in [0.15, 0.2) is 14.6 Å². The Balaban J connectivity index is 2.42. The molecule has 0 spiro atoms. The van der Waals surface area contributed by atoms with E-state index in [1.54, 1.807) is 0 Å². The predicted octanol–water partition coefficient (Wildman–Crippen LogP) is 2.02. The minimum absolute atomic E-state index is 0.0157. The molecule has 0 aliphatic heterocycles. The van der Waals surface area contributed by atoms with Crippen LogP contribution in [-0.4, -0.2) is 36.2 Å². The SMILES string of the molecule is C[C@@H](NC(=O)C1(S(=O)(=O)c2ccc(Cl)cc2)CCCC1)C(=O)O. The van der Waals surface area contributed by atoms with Gasteiger partial charge >= 0.3 is 5.97 Å². The van der Waals surface area contributed by atoms with E-state index in [1.165, 1.54) is 31.2 Å². The summed E-state index contributed by atoms with van der Waals surface area (Å²) >= 11 is 5.78. The number of amides is 1. The fourth-order valence-corrected chi connectivity index (χ4v) is 4.99. The quantitative estimate of drug-likeness (QED) is 0.837. The van der Waals surface area contributed by atoms with E-state index in [1.807, 2.05) is 0 Å². The number of hydrogen-bond acceptors (Lipinski definition) is 4. The second kappa shape index (κ2) is 6.49. The van der Waals surface area contributed by atoms with E-state index in [9.17, 15) is 18.0 Å². The Morgan fingerprint density at radius 1 is 1.22 bits per heavy atom. The van der Waals surface area contributed by atoms with Gasteiger partial charge in [-0.05, 0) is 44.0 Å². The van der Waals surface area contributed by atoms with Crippen LogP contribution in [0.5, 0.6) is 0 Å². The summed E-state index contributed by atoms with van der Waals surface area (Å²) in [5, 5.41) is 11.6. The molecule has 0 heterocycles. The summed E-state index contributed by atoms with van der Waals surface area (Å²) in [5.41, 5.74) is 0. The lowest BCUT2D eigenvalue weighted by molar-refractivity contribution is -0.141. The van der Waals surface area contributed by atoms with Crippen molar-refractivity contribution in [1.29, 1.82) is 0 Å². The Morgan fingerprint density at radius 2 is 1.74 bits per heavy atom. The molecule has 23 heavy (non-hydrogen) atoms. The van der Waals surface area contributed by atoms with Crippen molar-refractivity contribution in [3.05, 3.63) is 29.3 Å². The van der Waals surface area contributed by atoms with Gasteiger partial charge in [0, 0.05) is 5.02 Å². The van der Waals surface area contributed by atoms with E-state index in [0.29, 0.717) is 17.9 Å². The second-order valence-corrected chi connectivity index (χ2v) is 8.39. The Bertz CT molecular complexity index is 708. The molecule has 1 aliphatic carbocycles. The van der Waals surface area contributed by atoms with Gasteiger partial charge in [-0.2, -0.15) is 0 Å². The molecule has 1 aromatic carbocycles. The van der Waals surface area contributed by atoms with Gasteiger partial charge in [-0.3, -0.25) is 9.59 Å². The maximum atomic E-state index is 13.0. The molecule has 0 bridgehead atoms. The Kier molecular flexibility index (Phi) is 5.01. The zero-order valence-corrected chi connectivity index (χ0v) is 14.2. The molecule has 1 atom stereocenters. The molecule has 8 heteroatoms. The number of sulfone groups is 1. The van der Waals surface area contributed by atoms with Gasteiger partial charge in [0.25, 0.3) is 0 Å². The van der Waals surface area contributed by atoms with Crippen molar-refractivity contribution < 1.29 is 23.1 Å². The summed E-state index contributed by atoms with van der Waals surface area (Å²) in [6, 6.07) is 4.49. The van der Waals surface area contributed by atoms with Crippen molar-refractivity contribution in [2.24, 2.45) is 0 Å². The van der Waals surface area contributed by atoms with Crippen LogP contribution in [0.4, 0.5) is 0 Å². The van der Waals surface area contributed by atoms with Crippen LogP contribution >= 0.6 is 11.6 Å². The first-order chi connectivity index (χ1) is 10.7. The number of halogens is 1. The maximum absolute atomic E-state index is 13.0. The number of carbonyl (C=O) groups is 2. The van der Waals surface area contributed by atoms with Gasteiger partial charge in [0.05, 0.1) is 4.90 Å². The fraction of sp³-hybridized carbons (Fsp3) is 0.467. The summed E-state index contributed by atoms with van der Waals surface area (Å²) in [6.45, 7) is 1.30. The monoisotopic (exact) mass is 359 g/mol. The van der Waals surface area contributed by atoms with Gasteiger partial charge in [0.1, 0.15) is 6.04 Å². The number of nitrogens with one attached hydrogen (secondary N) is 1. The molecule has 1 fully saturated rings. The third kappa shape index (κ3) is 3.21. The first kappa shape index (κ1) is 17.7. The highest BCUT2D eigenvalue weighted by Gasteiger charge is 2.53. The lowest BCUT2D eigenvalue weighted by Gasteiger charge is -2.28. The van der Waals surface area contributed by atoms with Crippen LogP contribution in [0.1, 0.15) is 32.6 Å². The van der Waals surface area contributed by atoms with Crippen LogP contribution in [0.3, 0.4) is 0 Å². The number of benzene rings is 1. The molecular formula is C15H18ClNO5S. The zero-order chi connectivity index (χ0) is 17.3. The Hall–Kier alpha value is -1.60. The van der Waals surface area contributed by atoms with Crippen LogP contribution in [0.25, 0.3) is 0 Å². The molecule has 126 valence electrons. The molecule has 1 saturated carbocycles. The third-order valence-electron chi connectivity index (χ3n) is 4.18. The van der Waals surface area contributed by atoms with Crippen LogP contribution < -0.4 is 5.32 Å². The third-order valence-corrected chi connectivity index (χ3v) is 6.95. The largest absolute Gasteiger partial charge is 0.480 e. The number of aliphatic carboxylic acids is 1. The van der Waals surface area contributed by atoms with Crippen molar-refractivity contribution in [2.45, 2.75) is 48.3 Å². The normalized spacial score (nSPS) is 18.3. The van der Waals surface area contributed by atoms with Crippen molar-refractivity contribution in [2.75, 3.05) is 0 Å². The fourth-order valence-electron chi connectivity index (χ4n) is 2.79. The van der Waals surface area contributed by atoms with E-state index in [0.717, 1.165) is 0 Å². The molecule has 0 aromatic heterocycles. The molecule has 1 aromatic rings. The predicted molar refractivity (Wildman–Crippen MR) is 85.1 cm³/mol. The van der Waals surface area contributed by atoms with Crippen molar-refractivity contribution in [1.82, 2.24) is 5.32 Å². The molecule has 6 nitrogen and oxygen atoms in total. The van der Waals surface area contributed by atoms with Crippen LogP contribution in [0, 0.1) is 0 Å². The zero-order valence-electron chi connectivity index (χ0n) is 12.6. The second-order valence-electron chi connectivity index (χ2n) is 5.69. The summed E-state index contributed by atoms with van der Waals surface area (Å²) in [7, 11) is -3.95. The van der Waals surface area contributed by atoms with Crippen molar-refractivity contribution in [3.63, 3.8) is 0 Å².